The van der Waals surface area contributed by atoms with Gasteiger partial charge in [-0.2, -0.15) is 0 Å². The van der Waals surface area contributed by atoms with Gasteiger partial charge >= 0.3 is 0 Å². The fourth-order valence-corrected chi connectivity index (χ4v) is 3.94. The zero-order valence-electron chi connectivity index (χ0n) is 18.8. The summed E-state index contributed by atoms with van der Waals surface area (Å²) in [4.78, 5) is 43.2. The summed E-state index contributed by atoms with van der Waals surface area (Å²) in [5, 5.41) is 5.73. The molecule has 0 aliphatic heterocycles. The highest BCUT2D eigenvalue weighted by Gasteiger charge is 2.21. The minimum atomic E-state index is -0.356. The lowest BCUT2D eigenvalue weighted by Crippen LogP contribution is -2.44. The van der Waals surface area contributed by atoms with Crippen molar-refractivity contribution in [3.63, 3.8) is 0 Å². The number of pyridine rings is 1. The van der Waals surface area contributed by atoms with Gasteiger partial charge in [-0.1, -0.05) is 37.5 Å². The maximum atomic E-state index is 13.3. The molecule has 1 aromatic carbocycles. The van der Waals surface area contributed by atoms with Crippen molar-refractivity contribution in [2.75, 3.05) is 11.9 Å². The molecule has 1 saturated carbocycles. The molecule has 33 heavy (non-hydrogen) atoms. The first-order chi connectivity index (χ1) is 16.0. The minimum absolute atomic E-state index is 0.0627. The van der Waals surface area contributed by atoms with Crippen LogP contribution < -0.4 is 10.6 Å². The Balaban J connectivity index is 1.53. The number of anilines is 1. The lowest BCUT2D eigenvalue weighted by Gasteiger charge is -2.26. The van der Waals surface area contributed by atoms with Gasteiger partial charge < -0.3 is 15.5 Å². The highest BCUT2D eigenvalue weighted by atomic mass is 19.1. The van der Waals surface area contributed by atoms with Gasteiger partial charge in [0.15, 0.2) is 0 Å². The average Bonchev–Trinajstić information content (AvgIpc) is 2.81. The predicted molar refractivity (Wildman–Crippen MR) is 124 cm³/mol. The molecular formula is C25H31FN4O3. The van der Waals surface area contributed by atoms with Gasteiger partial charge in [0.1, 0.15) is 11.6 Å². The number of carbonyl (C=O) groups excluding carboxylic acids is 3. The number of amides is 3. The number of rotatable bonds is 10. The zero-order valence-corrected chi connectivity index (χ0v) is 18.8. The first kappa shape index (κ1) is 24.4. The Morgan fingerprint density at radius 3 is 2.42 bits per heavy atom. The molecule has 1 aliphatic carbocycles. The van der Waals surface area contributed by atoms with Gasteiger partial charge in [0.2, 0.25) is 17.7 Å². The molecule has 7 nitrogen and oxygen atoms in total. The van der Waals surface area contributed by atoms with E-state index in [1.54, 1.807) is 36.5 Å². The van der Waals surface area contributed by atoms with E-state index in [0.29, 0.717) is 12.2 Å². The summed E-state index contributed by atoms with van der Waals surface area (Å²) in [6, 6.07) is 11.3. The van der Waals surface area contributed by atoms with E-state index >= 15 is 0 Å². The van der Waals surface area contributed by atoms with Gasteiger partial charge in [0.25, 0.3) is 0 Å². The molecule has 2 aromatic rings. The molecular weight excluding hydrogens is 423 g/mol. The first-order valence-corrected chi connectivity index (χ1v) is 11.5. The smallest absolute Gasteiger partial charge is 0.239 e. The molecule has 0 spiro atoms. The Morgan fingerprint density at radius 2 is 1.73 bits per heavy atom. The summed E-state index contributed by atoms with van der Waals surface area (Å²) in [6.45, 7) is 0.143. The minimum Gasteiger partial charge on any atom is -0.352 e. The van der Waals surface area contributed by atoms with Crippen LogP contribution in [0.25, 0.3) is 0 Å². The van der Waals surface area contributed by atoms with Gasteiger partial charge in [-0.15, -0.1) is 0 Å². The molecule has 1 aromatic heterocycles. The van der Waals surface area contributed by atoms with E-state index in [4.69, 9.17) is 0 Å². The van der Waals surface area contributed by atoms with Gasteiger partial charge in [-0.05, 0) is 49.1 Å². The third-order valence-corrected chi connectivity index (χ3v) is 5.67. The molecule has 0 atom stereocenters. The summed E-state index contributed by atoms with van der Waals surface area (Å²) in [6.07, 6.45) is 7.55. The summed E-state index contributed by atoms with van der Waals surface area (Å²) in [7, 11) is 0. The average molecular weight is 455 g/mol. The van der Waals surface area contributed by atoms with Gasteiger partial charge in [0.05, 0.1) is 6.54 Å². The molecule has 1 aliphatic rings. The number of aromatic nitrogens is 1. The van der Waals surface area contributed by atoms with Crippen LogP contribution in [0.5, 0.6) is 0 Å². The van der Waals surface area contributed by atoms with Crippen LogP contribution in [-0.4, -0.2) is 40.2 Å². The highest BCUT2D eigenvalue weighted by Crippen LogP contribution is 2.17. The number of carbonyl (C=O) groups is 3. The monoisotopic (exact) mass is 454 g/mol. The molecule has 1 fully saturated rings. The molecule has 2 N–H and O–H groups in total. The third kappa shape index (κ3) is 8.63. The van der Waals surface area contributed by atoms with Crippen LogP contribution >= 0.6 is 0 Å². The Hall–Kier alpha value is -3.29. The van der Waals surface area contributed by atoms with E-state index in [9.17, 15) is 18.8 Å². The molecule has 0 radical (unpaired) electrons. The number of halogens is 1. The Morgan fingerprint density at radius 1 is 0.970 bits per heavy atom. The van der Waals surface area contributed by atoms with Crippen LogP contribution in [0.4, 0.5) is 10.2 Å². The molecule has 0 bridgehead atoms. The van der Waals surface area contributed by atoms with E-state index < -0.39 is 0 Å². The van der Waals surface area contributed by atoms with Gasteiger partial charge in [-0.25, -0.2) is 9.37 Å². The second-order valence-electron chi connectivity index (χ2n) is 8.40. The molecule has 0 saturated heterocycles. The maximum Gasteiger partial charge on any atom is 0.239 e. The van der Waals surface area contributed by atoms with E-state index in [2.05, 4.69) is 15.6 Å². The Kier molecular flexibility index (Phi) is 9.35. The van der Waals surface area contributed by atoms with Crippen molar-refractivity contribution in [3.05, 3.63) is 60.0 Å². The zero-order chi connectivity index (χ0) is 23.5. The second kappa shape index (κ2) is 12.7. The van der Waals surface area contributed by atoms with Crippen LogP contribution in [-0.2, 0) is 20.9 Å². The van der Waals surface area contributed by atoms with E-state index in [0.717, 1.165) is 31.2 Å². The van der Waals surface area contributed by atoms with Crippen LogP contribution in [0.2, 0.25) is 0 Å². The fraction of sp³-hybridized carbons (Fsp3) is 0.440. The first-order valence-electron chi connectivity index (χ1n) is 11.5. The van der Waals surface area contributed by atoms with E-state index in [1.165, 1.54) is 23.5 Å². The topological polar surface area (TPSA) is 91.4 Å². The van der Waals surface area contributed by atoms with Crippen molar-refractivity contribution < 1.29 is 18.8 Å². The van der Waals surface area contributed by atoms with Crippen LogP contribution in [0, 0.1) is 5.82 Å². The lowest BCUT2D eigenvalue weighted by molar-refractivity contribution is -0.137. The van der Waals surface area contributed by atoms with Crippen molar-refractivity contribution in [2.45, 2.75) is 64.0 Å². The highest BCUT2D eigenvalue weighted by molar-refractivity contribution is 5.90. The number of nitrogens with one attached hydrogen (secondary N) is 2. The quantitative estimate of drug-likeness (QED) is 0.571. The summed E-state index contributed by atoms with van der Waals surface area (Å²) >= 11 is 0. The number of nitrogens with zero attached hydrogens (tertiary/aromatic N) is 2. The van der Waals surface area contributed by atoms with Gasteiger partial charge in [0, 0.05) is 31.6 Å². The largest absolute Gasteiger partial charge is 0.352 e. The standard InChI is InChI=1S/C25H31FN4O3/c26-20-14-12-19(13-15-20)17-30(18-24(32)28-21-7-2-1-3-8-21)25(33)11-6-10-23(31)29-22-9-4-5-16-27-22/h4-5,9,12-16,21H,1-3,6-8,10-11,17-18H2,(H,28,32)(H,27,29,31). The molecule has 3 amide bonds. The summed E-state index contributed by atoms with van der Waals surface area (Å²) in [5.74, 6) is -0.521. The molecule has 0 unspecified atom stereocenters. The van der Waals surface area contributed by atoms with Crippen molar-refractivity contribution >= 4 is 23.5 Å². The van der Waals surface area contributed by atoms with Crippen molar-refractivity contribution in [3.8, 4) is 0 Å². The second-order valence-corrected chi connectivity index (χ2v) is 8.40. The van der Waals surface area contributed by atoms with Crippen LogP contribution in [0.1, 0.15) is 56.9 Å². The summed E-state index contributed by atoms with van der Waals surface area (Å²) < 4.78 is 13.3. The number of hydrogen-bond donors (Lipinski definition) is 2. The van der Waals surface area contributed by atoms with Gasteiger partial charge in [-0.3, -0.25) is 14.4 Å². The van der Waals surface area contributed by atoms with Crippen molar-refractivity contribution in [1.82, 2.24) is 15.2 Å². The molecule has 1 heterocycles. The summed E-state index contributed by atoms with van der Waals surface area (Å²) in [5.41, 5.74) is 0.739. The predicted octanol–water partition coefficient (Wildman–Crippen LogP) is 3.81. The molecule has 176 valence electrons. The van der Waals surface area contributed by atoms with Crippen molar-refractivity contribution in [2.24, 2.45) is 0 Å². The third-order valence-electron chi connectivity index (χ3n) is 5.67. The molecule has 3 rings (SSSR count). The Bertz CT molecular complexity index is 915. The molecule has 8 heteroatoms. The fourth-order valence-electron chi connectivity index (χ4n) is 3.94. The maximum absolute atomic E-state index is 13.3. The van der Waals surface area contributed by atoms with Crippen LogP contribution in [0.3, 0.4) is 0 Å². The SMILES string of the molecule is O=C(CCCC(=O)N(CC(=O)NC1CCCCC1)Cc1ccc(F)cc1)Nc1ccccn1. The number of hydrogen-bond acceptors (Lipinski definition) is 4. The van der Waals surface area contributed by atoms with E-state index in [1.807, 2.05) is 0 Å². The number of benzene rings is 1. The van der Waals surface area contributed by atoms with Crippen LogP contribution in [0.15, 0.2) is 48.7 Å². The normalized spacial score (nSPS) is 13.8. The van der Waals surface area contributed by atoms with Crippen molar-refractivity contribution in [1.29, 1.82) is 0 Å². The van der Waals surface area contributed by atoms with E-state index in [-0.39, 0.29) is 55.5 Å². The Labute approximate surface area is 193 Å². The lowest BCUT2D eigenvalue weighted by atomic mass is 9.95.